The molecule has 0 saturated carbocycles. The van der Waals surface area contributed by atoms with Crippen molar-refractivity contribution in [2.75, 3.05) is 13.2 Å². The molecule has 0 aliphatic carbocycles. The van der Waals surface area contributed by atoms with Gasteiger partial charge in [0, 0.05) is 23.7 Å². The fraction of sp³-hybridized carbons (Fsp3) is 0.286. The normalized spacial score (nSPS) is 16.1. The van der Waals surface area contributed by atoms with Crippen molar-refractivity contribution in [1.82, 2.24) is 19.7 Å². The first-order chi connectivity index (χ1) is 14.1. The molecule has 1 N–H and O–H groups in total. The standard InChI is InChI=1S/C21H21ClN4O3/c22-16-8-10-17(11-9-16)26-21(28)25(20(24-26)15-5-2-1-3-6-15)14-19(27)23-13-18-7-4-12-29-18/h1-3,5-6,8-11,18H,4,7,12-14H2,(H,23,27). The van der Waals surface area contributed by atoms with Gasteiger partial charge < -0.3 is 10.1 Å². The van der Waals surface area contributed by atoms with Gasteiger partial charge in [0.2, 0.25) is 5.91 Å². The Morgan fingerprint density at radius 1 is 1.17 bits per heavy atom. The number of carbonyl (C=O) groups excluding carboxylic acids is 1. The number of hydrogen-bond acceptors (Lipinski definition) is 4. The molecule has 1 aliphatic heterocycles. The van der Waals surface area contributed by atoms with Gasteiger partial charge in [-0.2, -0.15) is 4.68 Å². The van der Waals surface area contributed by atoms with E-state index in [1.54, 1.807) is 24.3 Å². The molecule has 1 amide bonds. The molecule has 7 nitrogen and oxygen atoms in total. The highest BCUT2D eigenvalue weighted by molar-refractivity contribution is 6.30. The van der Waals surface area contributed by atoms with Crippen LogP contribution in [-0.4, -0.2) is 39.5 Å². The van der Waals surface area contributed by atoms with Crippen LogP contribution in [0.2, 0.25) is 5.02 Å². The summed E-state index contributed by atoms with van der Waals surface area (Å²) in [5, 5.41) is 7.91. The zero-order valence-corrected chi connectivity index (χ0v) is 16.5. The van der Waals surface area contributed by atoms with Crippen molar-refractivity contribution in [1.29, 1.82) is 0 Å². The molecule has 1 fully saturated rings. The van der Waals surface area contributed by atoms with Gasteiger partial charge in [-0.15, -0.1) is 5.10 Å². The molecule has 1 atom stereocenters. The van der Waals surface area contributed by atoms with E-state index in [2.05, 4.69) is 10.4 Å². The fourth-order valence-corrected chi connectivity index (χ4v) is 3.45. The first kappa shape index (κ1) is 19.4. The van der Waals surface area contributed by atoms with Crippen LogP contribution >= 0.6 is 11.6 Å². The summed E-state index contributed by atoms with van der Waals surface area (Å²) in [5.41, 5.74) is 0.942. The highest BCUT2D eigenvalue weighted by Crippen LogP contribution is 2.18. The van der Waals surface area contributed by atoms with Crippen LogP contribution < -0.4 is 11.0 Å². The molecule has 8 heteroatoms. The predicted molar refractivity (Wildman–Crippen MR) is 110 cm³/mol. The molecule has 1 saturated heterocycles. The minimum absolute atomic E-state index is 0.0426. The number of aromatic nitrogens is 3. The second-order valence-electron chi connectivity index (χ2n) is 6.89. The molecule has 0 radical (unpaired) electrons. The van der Waals surface area contributed by atoms with Gasteiger partial charge in [0.15, 0.2) is 5.82 Å². The first-order valence-electron chi connectivity index (χ1n) is 9.51. The minimum atomic E-state index is -0.390. The molecule has 150 valence electrons. The van der Waals surface area contributed by atoms with Crippen LogP contribution in [0.3, 0.4) is 0 Å². The maximum Gasteiger partial charge on any atom is 0.351 e. The number of rotatable bonds is 6. The molecule has 1 aromatic heterocycles. The van der Waals surface area contributed by atoms with Crippen LogP contribution in [-0.2, 0) is 16.1 Å². The van der Waals surface area contributed by atoms with E-state index < -0.39 is 5.69 Å². The SMILES string of the molecule is O=C(Cn1c(-c2ccccc2)nn(-c2ccc(Cl)cc2)c1=O)NCC1CCCO1. The predicted octanol–water partition coefficient (Wildman–Crippen LogP) is 2.65. The van der Waals surface area contributed by atoms with Crippen LogP contribution in [0.1, 0.15) is 12.8 Å². The minimum Gasteiger partial charge on any atom is -0.376 e. The van der Waals surface area contributed by atoms with E-state index >= 15 is 0 Å². The third kappa shape index (κ3) is 4.41. The molecule has 1 unspecified atom stereocenters. The third-order valence-electron chi connectivity index (χ3n) is 4.82. The second kappa shape index (κ2) is 8.63. The van der Waals surface area contributed by atoms with Gasteiger partial charge >= 0.3 is 5.69 Å². The lowest BCUT2D eigenvalue weighted by molar-refractivity contribution is -0.122. The molecular formula is C21H21ClN4O3. The highest BCUT2D eigenvalue weighted by Gasteiger charge is 2.20. The van der Waals surface area contributed by atoms with Crippen molar-refractivity contribution in [3.63, 3.8) is 0 Å². The van der Waals surface area contributed by atoms with E-state index in [9.17, 15) is 9.59 Å². The van der Waals surface area contributed by atoms with E-state index in [1.807, 2.05) is 30.3 Å². The maximum atomic E-state index is 13.1. The van der Waals surface area contributed by atoms with Crippen LogP contribution in [0.25, 0.3) is 17.1 Å². The van der Waals surface area contributed by atoms with Gasteiger partial charge in [-0.25, -0.2) is 4.79 Å². The second-order valence-corrected chi connectivity index (χ2v) is 7.32. The molecule has 2 aromatic carbocycles. The molecule has 4 rings (SSSR count). The average molecular weight is 413 g/mol. The van der Waals surface area contributed by atoms with E-state index in [0.29, 0.717) is 23.1 Å². The molecule has 2 heterocycles. The Hall–Kier alpha value is -2.90. The number of nitrogens with zero attached hydrogens (tertiary/aromatic N) is 3. The number of hydrogen-bond donors (Lipinski definition) is 1. The summed E-state index contributed by atoms with van der Waals surface area (Å²) in [6.45, 7) is 1.05. The van der Waals surface area contributed by atoms with Gasteiger partial charge in [0.1, 0.15) is 6.54 Å². The maximum absolute atomic E-state index is 13.1. The van der Waals surface area contributed by atoms with Crippen molar-refractivity contribution >= 4 is 17.5 Å². The third-order valence-corrected chi connectivity index (χ3v) is 5.07. The Bertz CT molecular complexity index is 1040. The zero-order chi connectivity index (χ0) is 20.2. The quantitative estimate of drug-likeness (QED) is 0.675. The number of carbonyl (C=O) groups is 1. The van der Waals surface area contributed by atoms with Gasteiger partial charge in [-0.1, -0.05) is 41.9 Å². The average Bonchev–Trinajstić information content (AvgIpc) is 3.37. The lowest BCUT2D eigenvalue weighted by Gasteiger charge is -2.11. The van der Waals surface area contributed by atoms with E-state index in [4.69, 9.17) is 16.3 Å². The van der Waals surface area contributed by atoms with Crippen LogP contribution in [0.5, 0.6) is 0 Å². The lowest BCUT2D eigenvalue weighted by Crippen LogP contribution is -2.37. The molecule has 0 spiro atoms. The summed E-state index contributed by atoms with van der Waals surface area (Å²) in [6, 6.07) is 16.1. The summed E-state index contributed by atoms with van der Waals surface area (Å²) in [6.07, 6.45) is 1.98. The summed E-state index contributed by atoms with van der Waals surface area (Å²) >= 11 is 5.95. The topological polar surface area (TPSA) is 78.2 Å². The molecular weight excluding hydrogens is 392 g/mol. The number of halogens is 1. The molecule has 3 aromatic rings. The smallest absolute Gasteiger partial charge is 0.351 e. The van der Waals surface area contributed by atoms with E-state index in [-0.39, 0.29) is 18.6 Å². The van der Waals surface area contributed by atoms with Crippen LogP contribution in [0, 0.1) is 0 Å². The van der Waals surface area contributed by atoms with Crippen molar-refractivity contribution in [2.24, 2.45) is 0 Å². The Balaban J connectivity index is 1.64. The largest absolute Gasteiger partial charge is 0.376 e. The highest BCUT2D eigenvalue weighted by atomic mass is 35.5. The first-order valence-corrected chi connectivity index (χ1v) is 9.89. The van der Waals surface area contributed by atoms with Gasteiger partial charge in [0.05, 0.1) is 11.8 Å². The Labute approximate surface area is 172 Å². The van der Waals surface area contributed by atoms with E-state index in [1.165, 1.54) is 9.25 Å². The van der Waals surface area contributed by atoms with Crippen molar-refractivity contribution < 1.29 is 9.53 Å². The van der Waals surface area contributed by atoms with Gasteiger partial charge in [-0.05, 0) is 37.1 Å². The van der Waals surface area contributed by atoms with Gasteiger partial charge in [-0.3, -0.25) is 9.36 Å². The fourth-order valence-electron chi connectivity index (χ4n) is 3.32. The summed E-state index contributed by atoms with van der Waals surface area (Å²) < 4.78 is 8.20. The van der Waals surface area contributed by atoms with E-state index in [0.717, 1.165) is 25.0 Å². The summed E-state index contributed by atoms with van der Waals surface area (Å²) in [7, 11) is 0. The number of nitrogens with one attached hydrogen (secondary N) is 1. The Morgan fingerprint density at radius 3 is 2.62 bits per heavy atom. The van der Waals surface area contributed by atoms with Gasteiger partial charge in [0.25, 0.3) is 0 Å². The molecule has 1 aliphatic rings. The van der Waals surface area contributed by atoms with Crippen LogP contribution in [0.4, 0.5) is 0 Å². The lowest BCUT2D eigenvalue weighted by atomic mass is 10.2. The zero-order valence-electron chi connectivity index (χ0n) is 15.8. The number of amides is 1. The van der Waals surface area contributed by atoms with Crippen LogP contribution in [0.15, 0.2) is 59.4 Å². The summed E-state index contributed by atoms with van der Waals surface area (Å²) in [4.78, 5) is 25.6. The number of ether oxygens (including phenoxy) is 1. The summed E-state index contributed by atoms with van der Waals surface area (Å²) in [5.74, 6) is 0.174. The monoisotopic (exact) mass is 412 g/mol. The van der Waals surface area contributed by atoms with Crippen molar-refractivity contribution in [3.8, 4) is 17.1 Å². The van der Waals surface area contributed by atoms with Crippen molar-refractivity contribution in [2.45, 2.75) is 25.5 Å². The number of benzene rings is 2. The molecule has 29 heavy (non-hydrogen) atoms. The molecule has 0 bridgehead atoms. The van der Waals surface area contributed by atoms with Crippen molar-refractivity contribution in [3.05, 3.63) is 70.1 Å². The Kier molecular flexibility index (Phi) is 5.78. The Morgan fingerprint density at radius 2 is 1.93 bits per heavy atom.